The standard InChI is InChI=1S/C22H28O4/c1-17(14-25-16-21(24-3)20-12-8-5-9-13-20)15-26-22(23)18(2)19-10-6-4-7-11-19/h4-13,17-18,21H,14-16H2,1-3H3. The summed E-state index contributed by atoms with van der Waals surface area (Å²) in [5, 5.41) is 0. The zero-order chi connectivity index (χ0) is 18.8. The van der Waals surface area contributed by atoms with Gasteiger partial charge in [0.1, 0.15) is 6.10 Å². The number of ether oxygens (including phenoxy) is 3. The summed E-state index contributed by atoms with van der Waals surface area (Å²) in [7, 11) is 1.68. The van der Waals surface area contributed by atoms with Crippen molar-refractivity contribution in [2.24, 2.45) is 5.92 Å². The average molecular weight is 356 g/mol. The van der Waals surface area contributed by atoms with Crippen LogP contribution >= 0.6 is 0 Å². The second kappa shape index (κ2) is 10.7. The van der Waals surface area contributed by atoms with E-state index in [2.05, 4.69) is 0 Å². The summed E-state index contributed by atoms with van der Waals surface area (Å²) >= 11 is 0. The largest absolute Gasteiger partial charge is 0.465 e. The molecule has 0 spiro atoms. The number of rotatable bonds is 10. The highest BCUT2D eigenvalue weighted by Gasteiger charge is 2.18. The van der Waals surface area contributed by atoms with Gasteiger partial charge < -0.3 is 14.2 Å². The summed E-state index contributed by atoms with van der Waals surface area (Å²) in [6.45, 7) is 5.20. The van der Waals surface area contributed by atoms with Crippen molar-refractivity contribution in [3.8, 4) is 0 Å². The Kier molecular flexibility index (Phi) is 8.32. The molecule has 3 unspecified atom stereocenters. The first kappa shape index (κ1) is 20.1. The molecule has 0 heterocycles. The van der Waals surface area contributed by atoms with E-state index >= 15 is 0 Å². The lowest BCUT2D eigenvalue weighted by Crippen LogP contribution is -2.21. The monoisotopic (exact) mass is 356 g/mol. The first-order chi connectivity index (χ1) is 12.6. The summed E-state index contributed by atoms with van der Waals surface area (Å²) in [5.74, 6) is -0.349. The van der Waals surface area contributed by atoms with Crippen LogP contribution < -0.4 is 0 Å². The molecule has 26 heavy (non-hydrogen) atoms. The first-order valence-electron chi connectivity index (χ1n) is 8.99. The van der Waals surface area contributed by atoms with Crippen molar-refractivity contribution in [2.45, 2.75) is 25.9 Å². The van der Waals surface area contributed by atoms with E-state index in [0.717, 1.165) is 11.1 Å². The molecule has 3 atom stereocenters. The molecule has 4 heteroatoms. The molecule has 4 nitrogen and oxygen atoms in total. The van der Waals surface area contributed by atoms with Crippen LogP contribution in [0.3, 0.4) is 0 Å². The highest BCUT2D eigenvalue weighted by molar-refractivity contribution is 5.77. The second-order valence-corrected chi connectivity index (χ2v) is 6.54. The molecule has 2 rings (SSSR count). The van der Waals surface area contributed by atoms with Gasteiger partial charge in [0.05, 0.1) is 25.7 Å². The van der Waals surface area contributed by atoms with Gasteiger partial charge >= 0.3 is 5.97 Å². The minimum absolute atomic E-state index is 0.0935. The van der Waals surface area contributed by atoms with Gasteiger partial charge in [-0.2, -0.15) is 0 Å². The molecule has 0 N–H and O–H groups in total. The number of methoxy groups -OCH3 is 1. The fourth-order valence-corrected chi connectivity index (χ4v) is 2.62. The van der Waals surface area contributed by atoms with Crippen molar-refractivity contribution in [1.82, 2.24) is 0 Å². The maximum absolute atomic E-state index is 12.2. The van der Waals surface area contributed by atoms with Crippen LogP contribution in [-0.2, 0) is 19.0 Å². The van der Waals surface area contributed by atoms with Crippen molar-refractivity contribution in [2.75, 3.05) is 26.9 Å². The molecule has 140 valence electrons. The van der Waals surface area contributed by atoms with Gasteiger partial charge in [0.25, 0.3) is 0 Å². The van der Waals surface area contributed by atoms with E-state index in [9.17, 15) is 4.79 Å². The lowest BCUT2D eigenvalue weighted by atomic mass is 10.0. The molecule has 0 aliphatic carbocycles. The van der Waals surface area contributed by atoms with E-state index in [1.54, 1.807) is 7.11 Å². The van der Waals surface area contributed by atoms with E-state index in [0.29, 0.717) is 19.8 Å². The summed E-state index contributed by atoms with van der Waals surface area (Å²) in [5.41, 5.74) is 2.05. The Bertz CT molecular complexity index is 642. The van der Waals surface area contributed by atoms with Crippen LogP contribution in [0.5, 0.6) is 0 Å². The Labute approximate surface area is 156 Å². The quantitative estimate of drug-likeness (QED) is 0.593. The Balaban J connectivity index is 1.70. The minimum Gasteiger partial charge on any atom is -0.465 e. The number of esters is 1. The lowest BCUT2D eigenvalue weighted by Gasteiger charge is -2.19. The highest BCUT2D eigenvalue weighted by atomic mass is 16.5. The minimum atomic E-state index is -0.264. The predicted molar refractivity (Wildman–Crippen MR) is 102 cm³/mol. The molecule has 0 saturated carbocycles. The highest BCUT2D eigenvalue weighted by Crippen LogP contribution is 2.18. The van der Waals surface area contributed by atoms with Crippen LogP contribution in [0.1, 0.15) is 37.0 Å². The average Bonchev–Trinajstić information content (AvgIpc) is 2.70. The number of carbonyl (C=O) groups excluding carboxylic acids is 1. The zero-order valence-corrected chi connectivity index (χ0v) is 15.8. The summed E-state index contributed by atoms with van der Waals surface area (Å²) < 4.78 is 16.7. The van der Waals surface area contributed by atoms with Gasteiger partial charge in [-0.25, -0.2) is 0 Å². The van der Waals surface area contributed by atoms with E-state index in [1.165, 1.54) is 0 Å². The molecule has 0 amide bonds. The molecule has 0 fully saturated rings. The van der Waals surface area contributed by atoms with Crippen LogP contribution in [0, 0.1) is 5.92 Å². The van der Waals surface area contributed by atoms with Crippen LogP contribution in [0.4, 0.5) is 0 Å². The summed E-state index contributed by atoms with van der Waals surface area (Å²) in [6, 6.07) is 19.6. The molecule has 0 aliphatic rings. The predicted octanol–water partition coefficient (Wildman–Crippen LogP) is 4.37. The maximum atomic E-state index is 12.2. The van der Waals surface area contributed by atoms with Crippen LogP contribution in [0.25, 0.3) is 0 Å². The normalized spacial score (nSPS) is 14.4. The molecule has 0 saturated heterocycles. The van der Waals surface area contributed by atoms with Gasteiger partial charge in [-0.3, -0.25) is 4.79 Å². The van der Waals surface area contributed by atoms with Gasteiger partial charge in [-0.1, -0.05) is 67.6 Å². The van der Waals surface area contributed by atoms with E-state index in [4.69, 9.17) is 14.2 Å². The number of hydrogen-bond donors (Lipinski definition) is 0. The van der Waals surface area contributed by atoms with E-state index < -0.39 is 0 Å². The molecule has 0 bridgehead atoms. The Morgan fingerprint density at radius 2 is 1.42 bits per heavy atom. The van der Waals surface area contributed by atoms with Gasteiger partial charge in [-0.15, -0.1) is 0 Å². The molecule has 0 aliphatic heterocycles. The van der Waals surface area contributed by atoms with E-state index in [-0.39, 0.29) is 23.9 Å². The smallest absolute Gasteiger partial charge is 0.313 e. The number of benzene rings is 2. The van der Waals surface area contributed by atoms with Gasteiger partial charge in [0.2, 0.25) is 0 Å². The number of carbonyl (C=O) groups is 1. The maximum Gasteiger partial charge on any atom is 0.313 e. The zero-order valence-electron chi connectivity index (χ0n) is 15.8. The van der Waals surface area contributed by atoms with Crippen molar-refractivity contribution in [1.29, 1.82) is 0 Å². The van der Waals surface area contributed by atoms with Crippen molar-refractivity contribution >= 4 is 5.97 Å². The fourth-order valence-electron chi connectivity index (χ4n) is 2.62. The second-order valence-electron chi connectivity index (χ2n) is 6.54. The van der Waals surface area contributed by atoms with Crippen LogP contribution in [0.2, 0.25) is 0 Å². The SMILES string of the molecule is COC(COCC(C)COC(=O)C(C)c1ccccc1)c1ccccc1. The van der Waals surface area contributed by atoms with Gasteiger partial charge in [0, 0.05) is 13.0 Å². The summed E-state index contributed by atoms with van der Waals surface area (Å²) in [4.78, 5) is 12.2. The fraction of sp³-hybridized carbons (Fsp3) is 0.409. The Morgan fingerprint density at radius 1 is 0.846 bits per heavy atom. The molecule has 0 aromatic heterocycles. The topological polar surface area (TPSA) is 44.8 Å². The third kappa shape index (κ3) is 6.28. The van der Waals surface area contributed by atoms with Crippen molar-refractivity contribution in [3.63, 3.8) is 0 Å². The van der Waals surface area contributed by atoms with Crippen molar-refractivity contribution < 1.29 is 19.0 Å². The van der Waals surface area contributed by atoms with E-state index in [1.807, 2.05) is 74.5 Å². The van der Waals surface area contributed by atoms with Crippen LogP contribution in [0.15, 0.2) is 60.7 Å². The van der Waals surface area contributed by atoms with Gasteiger partial charge in [-0.05, 0) is 18.1 Å². The molecule has 2 aromatic rings. The molecule has 0 radical (unpaired) electrons. The lowest BCUT2D eigenvalue weighted by molar-refractivity contribution is -0.147. The third-order valence-electron chi connectivity index (χ3n) is 4.29. The van der Waals surface area contributed by atoms with Crippen LogP contribution in [-0.4, -0.2) is 32.9 Å². The Morgan fingerprint density at radius 3 is 2.00 bits per heavy atom. The van der Waals surface area contributed by atoms with Gasteiger partial charge in [0.15, 0.2) is 0 Å². The third-order valence-corrected chi connectivity index (χ3v) is 4.29. The summed E-state index contributed by atoms with van der Waals surface area (Å²) in [6.07, 6.45) is -0.0935. The Hall–Kier alpha value is -2.17. The molecular formula is C22H28O4. The van der Waals surface area contributed by atoms with Crippen molar-refractivity contribution in [3.05, 3.63) is 71.8 Å². The number of hydrogen-bond acceptors (Lipinski definition) is 4. The first-order valence-corrected chi connectivity index (χ1v) is 8.99. The molecular weight excluding hydrogens is 328 g/mol. The molecule has 2 aromatic carbocycles.